The summed E-state index contributed by atoms with van der Waals surface area (Å²) in [5.74, 6) is -0.0718. The minimum absolute atomic E-state index is 0.0718. The maximum atomic E-state index is 11.7. The van der Waals surface area contributed by atoms with Gasteiger partial charge < -0.3 is 4.74 Å². The lowest BCUT2D eigenvalue weighted by Crippen LogP contribution is -2.02. The average molecular weight is 258 g/mol. The van der Waals surface area contributed by atoms with Crippen LogP contribution in [0.3, 0.4) is 0 Å². The zero-order valence-electron chi connectivity index (χ0n) is 5.60. The molecule has 12 heavy (non-hydrogen) atoms. The van der Waals surface area contributed by atoms with Crippen molar-refractivity contribution in [1.29, 1.82) is 0 Å². The van der Waals surface area contributed by atoms with Crippen molar-refractivity contribution in [1.82, 2.24) is 4.98 Å². The molecule has 1 heterocycles. The quantitative estimate of drug-likeness (QED) is 0.813. The Morgan fingerprint density at radius 2 is 2.17 bits per heavy atom. The first-order valence-corrected chi connectivity index (χ1v) is 4.02. The molecule has 0 saturated heterocycles. The highest BCUT2D eigenvalue weighted by atomic mass is 79.9. The Morgan fingerprint density at radius 3 is 2.75 bits per heavy atom. The van der Waals surface area contributed by atoms with Gasteiger partial charge in [0.15, 0.2) is 5.75 Å². The summed E-state index contributed by atoms with van der Waals surface area (Å²) in [7, 11) is 0. The van der Waals surface area contributed by atoms with Gasteiger partial charge in [0.1, 0.15) is 0 Å². The van der Waals surface area contributed by atoms with Gasteiger partial charge >= 0.3 is 6.61 Å². The molecule has 2 nitrogen and oxygen atoms in total. The van der Waals surface area contributed by atoms with E-state index < -0.39 is 6.61 Å². The topological polar surface area (TPSA) is 22.1 Å². The first-order valence-electron chi connectivity index (χ1n) is 2.85. The second-order valence-electron chi connectivity index (χ2n) is 1.81. The zero-order chi connectivity index (χ0) is 9.14. The third-order valence-corrected chi connectivity index (χ3v) is 2.35. The fourth-order valence-corrected chi connectivity index (χ4v) is 1.03. The third-order valence-electron chi connectivity index (χ3n) is 1.02. The fraction of sp³-hybridized carbons (Fsp3) is 0.167. The Kier molecular flexibility index (Phi) is 3.22. The maximum absolute atomic E-state index is 11.7. The molecule has 0 radical (unpaired) electrons. The summed E-state index contributed by atoms with van der Waals surface area (Å²) in [6.07, 6.45) is 2.48. The lowest BCUT2D eigenvalue weighted by Gasteiger charge is -2.05. The van der Waals surface area contributed by atoms with Gasteiger partial charge in [0.2, 0.25) is 0 Å². The standard InChI is InChI=1S/C6H3BrClF2NO/c7-5-3(8)1-11-2-4(5)12-6(9)10/h1-2,6H. The molecule has 0 atom stereocenters. The number of halogens is 4. The zero-order valence-corrected chi connectivity index (χ0v) is 7.94. The molecule has 0 amide bonds. The van der Waals surface area contributed by atoms with Crippen LogP contribution in [0.2, 0.25) is 5.02 Å². The second kappa shape index (κ2) is 4.00. The first kappa shape index (κ1) is 9.67. The highest BCUT2D eigenvalue weighted by molar-refractivity contribution is 9.10. The monoisotopic (exact) mass is 257 g/mol. The van der Waals surface area contributed by atoms with Crippen LogP contribution in [0.15, 0.2) is 16.9 Å². The van der Waals surface area contributed by atoms with Gasteiger partial charge in [-0.2, -0.15) is 8.78 Å². The van der Waals surface area contributed by atoms with Crippen molar-refractivity contribution in [2.24, 2.45) is 0 Å². The van der Waals surface area contributed by atoms with Gasteiger partial charge in [-0.1, -0.05) is 11.6 Å². The highest BCUT2D eigenvalue weighted by Gasteiger charge is 2.10. The van der Waals surface area contributed by atoms with Gasteiger partial charge in [0.05, 0.1) is 15.7 Å². The molecule has 0 aliphatic heterocycles. The summed E-state index contributed by atoms with van der Waals surface area (Å²) in [6.45, 7) is -2.87. The molecule has 6 heteroatoms. The minimum Gasteiger partial charge on any atom is -0.432 e. The Morgan fingerprint density at radius 1 is 1.50 bits per heavy atom. The van der Waals surface area contributed by atoms with Crippen molar-refractivity contribution < 1.29 is 13.5 Å². The molecule has 1 aromatic rings. The number of nitrogens with zero attached hydrogens (tertiary/aromatic N) is 1. The van der Waals surface area contributed by atoms with E-state index in [1.165, 1.54) is 6.20 Å². The van der Waals surface area contributed by atoms with Crippen LogP contribution in [0.1, 0.15) is 0 Å². The van der Waals surface area contributed by atoms with E-state index in [1.54, 1.807) is 0 Å². The number of alkyl halides is 2. The minimum atomic E-state index is -2.87. The van der Waals surface area contributed by atoms with E-state index in [9.17, 15) is 8.78 Å². The van der Waals surface area contributed by atoms with E-state index in [4.69, 9.17) is 11.6 Å². The van der Waals surface area contributed by atoms with Crippen molar-refractivity contribution in [3.63, 3.8) is 0 Å². The van der Waals surface area contributed by atoms with Gasteiger partial charge in [-0.25, -0.2) is 0 Å². The smallest absolute Gasteiger partial charge is 0.387 e. The van der Waals surface area contributed by atoms with Crippen LogP contribution in [-0.4, -0.2) is 11.6 Å². The number of hydrogen-bond donors (Lipinski definition) is 0. The summed E-state index contributed by atoms with van der Waals surface area (Å²) in [4.78, 5) is 3.58. The van der Waals surface area contributed by atoms with Crippen LogP contribution >= 0.6 is 27.5 Å². The number of rotatable bonds is 2. The van der Waals surface area contributed by atoms with E-state index in [0.717, 1.165) is 6.20 Å². The Bertz CT molecular complexity index is 284. The number of hydrogen-bond acceptors (Lipinski definition) is 2. The van der Waals surface area contributed by atoms with Crippen molar-refractivity contribution >= 4 is 27.5 Å². The molecule has 66 valence electrons. The van der Waals surface area contributed by atoms with Gasteiger partial charge in [-0.05, 0) is 15.9 Å². The Hall–Kier alpha value is -0.420. The van der Waals surface area contributed by atoms with Crippen LogP contribution < -0.4 is 4.74 Å². The van der Waals surface area contributed by atoms with Gasteiger partial charge in [0.25, 0.3) is 0 Å². The van der Waals surface area contributed by atoms with Gasteiger partial charge in [0, 0.05) is 6.20 Å². The molecule has 0 bridgehead atoms. The molecule has 0 aromatic carbocycles. The summed E-state index contributed by atoms with van der Waals surface area (Å²) < 4.78 is 27.8. The molecular formula is C6H3BrClF2NO. The van der Waals surface area contributed by atoms with E-state index in [1.807, 2.05) is 0 Å². The Labute approximate surface area is 80.6 Å². The lowest BCUT2D eigenvalue weighted by atomic mass is 10.5. The average Bonchev–Trinajstić information content (AvgIpc) is 1.98. The molecule has 0 N–H and O–H groups in total. The normalized spacial score (nSPS) is 10.4. The summed E-state index contributed by atoms with van der Waals surface area (Å²) in [6, 6.07) is 0. The predicted molar refractivity (Wildman–Crippen MR) is 43.6 cm³/mol. The number of pyridine rings is 1. The SMILES string of the molecule is FC(F)Oc1cncc(Cl)c1Br. The Balaban J connectivity index is 2.92. The van der Waals surface area contributed by atoms with Crippen LogP contribution in [0.4, 0.5) is 8.78 Å². The molecule has 0 fully saturated rings. The largest absolute Gasteiger partial charge is 0.432 e. The number of ether oxygens (including phenoxy) is 1. The maximum Gasteiger partial charge on any atom is 0.387 e. The van der Waals surface area contributed by atoms with Crippen LogP contribution in [0, 0.1) is 0 Å². The number of aromatic nitrogens is 1. The van der Waals surface area contributed by atoms with E-state index in [-0.39, 0.29) is 15.2 Å². The van der Waals surface area contributed by atoms with E-state index in [2.05, 4.69) is 25.7 Å². The summed E-state index contributed by atoms with van der Waals surface area (Å²) >= 11 is 8.54. The van der Waals surface area contributed by atoms with Crippen molar-refractivity contribution in [2.45, 2.75) is 6.61 Å². The predicted octanol–water partition coefficient (Wildman–Crippen LogP) is 3.10. The second-order valence-corrected chi connectivity index (χ2v) is 3.01. The van der Waals surface area contributed by atoms with Crippen molar-refractivity contribution in [2.75, 3.05) is 0 Å². The van der Waals surface area contributed by atoms with Gasteiger partial charge in [-0.3, -0.25) is 4.98 Å². The highest BCUT2D eigenvalue weighted by Crippen LogP contribution is 2.31. The van der Waals surface area contributed by atoms with Crippen LogP contribution in [-0.2, 0) is 0 Å². The fourth-order valence-electron chi connectivity index (χ4n) is 0.580. The van der Waals surface area contributed by atoms with Crippen molar-refractivity contribution in [3.8, 4) is 5.75 Å². The first-order chi connectivity index (χ1) is 5.61. The van der Waals surface area contributed by atoms with Gasteiger partial charge in [-0.15, -0.1) is 0 Å². The summed E-state index contributed by atoms with van der Waals surface area (Å²) in [5, 5.41) is 0.230. The van der Waals surface area contributed by atoms with Crippen LogP contribution in [0.5, 0.6) is 5.75 Å². The van der Waals surface area contributed by atoms with E-state index >= 15 is 0 Å². The van der Waals surface area contributed by atoms with Crippen LogP contribution in [0.25, 0.3) is 0 Å². The molecule has 1 aromatic heterocycles. The van der Waals surface area contributed by atoms with E-state index in [0.29, 0.717) is 0 Å². The molecular weight excluding hydrogens is 255 g/mol. The molecule has 0 aliphatic carbocycles. The van der Waals surface area contributed by atoms with Crippen molar-refractivity contribution in [3.05, 3.63) is 21.9 Å². The lowest BCUT2D eigenvalue weighted by molar-refractivity contribution is -0.0505. The third kappa shape index (κ3) is 2.28. The molecule has 0 saturated carbocycles. The summed E-state index contributed by atoms with van der Waals surface area (Å²) in [5.41, 5.74) is 0. The molecule has 0 spiro atoms. The molecule has 1 rings (SSSR count). The molecule has 0 aliphatic rings. The molecule has 0 unspecified atom stereocenters.